The number of amides is 2. The maximum Gasteiger partial charge on any atom is 0.248 e. The molecule has 0 bridgehead atoms. The van der Waals surface area contributed by atoms with E-state index in [1.165, 1.54) is 0 Å². The molecule has 2 amide bonds. The molecular weight excluding hydrogens is 258 g/mol. The molecule has 2 rings (SSSR count). The zero-order chi connectivity index (χ0) is 14.7. The van der Waals surface area contributed by atoms with Gasteiger partial charge in [-0.2, -0.15) is 0 Å². The second-order valence-electron chi connectivity index (χ2n) is 4.94. The smallest absolute Gasteiger partial charge is 0.248 e. The predicted octanol–water partition coefficient (Wildman–Crippen LogP) is 0.409. The van der Waals surface area contributed by atoms with Gasteiger partial charge < -0.3 is 21.1 Å². The van der Waals surface area contributed by atoms with Crippen LogP contribution in [0.25, 0.3) is 0 Å². The molecule has 1 saturated heterocycles. The van der Waals surface area contributed by atoms with Crippen molar-refractivity contribution in [1.29, 1.82) is 0 Å². The van der Waals surface area contributed by atoms with Crippen molar-refractivity contribution in [3.8, 4) is 0 Å². The molecule has 108 valence electrons. The maximum atomic E-state index is 12.1. The highest BCUT2D eigenvalue weighted by Crippen LogP contribution is 2.18. The molecule has 1 fully saturated rings. The molecule has 2 atom stereocenters. The Hall–Kier alpha value is -1.92. The van der Waals surface area contributed by atoms with Crippen LogP contribution in [0, 0.1) is 6.92 Å². The SMILES string of the molecule is COC1CNC(C(=O)Nc2ccc(C(N)=O)cc2C)C1. The van der Waals surface area contributed by atoms with Crippen molar-refractivity contribution >= 4 is 17.5 Å². The summed E-state index contributed by atoms with van der Waals surface area (Å²) in [5.74, 6) is -0.578. The molecule has 1 aliphatic rings. The minimum absolute atomic E-state index is 0.0732. The van der Waals surface area contributed by atoms with Gasteiger partial charge in [0.05, 0.1) is 12.1 Å². The highest BCUT2D eigenvalue weighted by atomic mass is 16.5. The van der Waals surface area contributed by atoms with E-state index < -0.39 is 5.91 Å². The molecule has 0 aliphatic carbocycles. The van der Waals surface area contributed by atoms with Crippen LogP contribution in [0.3, 0.4) is 0 Å². The average Bonchev–Trinajstić information content (AvgIpc) is 2.89. The van der Waals surface area contributed by atoms with Gasteiger partial charge in [0.2, 0.25) is 11.8 Å². The Balaban J connectivity index is 2.03. The van der Waals surface area contributed by atoms with Gasteiger partial charge in [-0.1, -0.05) is 0 Å². The van der Waals surface area contributed by atoms with Crippen LogP contribution in [-0.2, 0) is 9.53 Å². The third-order valence-electron chi connectivity index (χ3n) is 3.51. The van der Waals surface area contributed by atoms with E-state index in [9.17, 15) is 9.59 Å². The molecule has 6 nitrogen and oxygen atoms in total. The van der Waals surface area contributed by atoms with Crippen LogP contribution in [0.15, 0.2) is 18.2 Å². The monoisotopic (exact) mass is 277 g/mol. The van der Waals surface area contributed by atoms with Gasteiger partial charge in [0.15, 0.2) is 0 Å². The summed E-state index contributed by atoms with van der Waals surface area (Å²) >= 11 is 0. The second-order valence-corrected chi connectivity index (χ2v) is 4.94. The maximum absolute atomic E-state index is 12.1. The van der Waals surface area contributed by atoms with E-state index >= 15 is 0 Å². The molecule has 0 radical (unpaired) electrons. The van der Waals surface area contributed by atoms with E-state index in [0.29, 0.717) is 24.2 Å². The number of methoxy groups -OCH3 is 1. The summed E-state index contributed by atoms with van der Waals surface area (Å²) in [6.45, 7) is 2.50. The van der Waals surface area contributed by atoms with Crippen molar-refractivity contribution in [3.63, 3.8) is 0 Å². The summed E-state index contributed by atoms with van der Waals surface area (Å²) in [7, 11) is 1.64. The van der Waals surface area contributed by atoms with Crippen LogP contribution in [0.5, 0.6) is 0 Å². The number of hydrogen-bond donors (Lipinski definition) is 3. The molecular formula is C14H19N3O3. The largest absolute Gasteiger partial charge is 0.380 e. The first kappa shape index (κ1) is 14.5. The molecule has 1 aromatic carbocycles. The number of benzene rings is 1. The lowest BCUT2D eigenvalue weighted by atomic mass is 10.1. The van der Waals surface area contributed by atoms with E-state index in [4.69, 9.17) is 10.5 Å². The Kier molecular flexibility index (Phi) is 4.36. The fourth-order valence-electron chi connectivity index (χ4n) is 2.26. The molecule has 4 N–H and O–H groups in total. The number of anilines is 1. The summed E-state index contributed by atoms with van der Waals surface area (Å²) in [5, 5.41) is 5.97. The van der Waals surface area contributed by atoms with Crippen LogP contribution < -0.4 is 16.4 Å². The zero-order valence-corrected chi connectivity index (χ0v) is 11.6. The van der Waals surface area contributed by atoms with Crippen LogP contribution in [0.4, 0.5) is 5.69 Å². The van der Waals surface area contributed by atoms with Gasteiger partial charge in [0, 0.05) is 24.9 Å². The van der Waals surface area contributed by atoms with Gasteiger partial charge in [0.25, 0.3) is 0 Å². The lowest BCUT2D eigenvalue weighted by Gasteiger charge is -2.13. The minimum Gasteiger partial charge on any atom is -0.380 e. The first-order chi connectivity index (χ1) is 9.51. The van der Waals surface area contributed by atoms with Gasteiger partial charge in [-0.3, -0.25) is 9.59 Å². The Labute approximate surface area is 117 Å². The zero-order valence-electron chi connectivity index (χ0n) is 11.6. The summed E-state index contributed by atoms with van der Waals surface area (Å²) in [4.78, 5) is 23.2. The Morgan fingerprint density at radius 2 is 2.20 bits per heavy atom. The van der Waals surface area contributed by atoms with Crippen molar-refractivity contribution in [3.05, 3.63) is 29.3 Å². The summed E-state index contributed by atoms with van der Waals surface area (Å²) < 4.78 is 5.21. The number of carbonyl (C=O) groups excluding carboxylic acids is 2. The van der Waals surface area contributed by atoms with E-state index in [-0.39, 0.29) is 18.1 Å². The summed E-state index contributed by atoms with van der Waals surface area (Å²) in [6, 6.07) is 4.70. The lowest BCUT2D eigenvalue weighted by Crippen LogP contribution is -2.35. The standard InChI is InChI=1S/C14H19N3O3/c1-8-5-9(13(15)18)3-4-11(8)17-14(19)12-6-10(20-2)7-16-12/h3-5,10,12,16H,6-7H2,1-2H3,(H2,15,18)(H,17,19). The third-order valence-corrected chi connectivity index (χ3v) is 3.51. The fourth-order valence-corrected chi connectivity index (χ4v) is 2.26. The minimum atomic E-state index is -0.480. The van der Waals surface area contributed by atoms with Gasteiger partial charge in [-0.25, -0.2) is 0 Å². The van der Waals surface area contributed by atoms with E-state index in [0.717, 1.165) is 5.56 Å². The van der Waals surface area contributed by atoms with E-state index in [1.807, 2.05) is 6.92 Å². The molecule has 20 heavy (non-hydrogen) atoms. The van der Waals surface area contributed by atoms with Gasteiger partial charge in [0.1, 0.15) is 0 Å². The Bertz CT molecular complexity index is 530. The highest BCUT2D eigenvalue weighted by Gasteiger charge is 2.29. The number of nitrogens with one attached hydrogen (secondary N) is 2. The Morgan fingerprint density at radius 3 is 2.75 bits per heavy atom. The number of rotatable bonds is 4. The molecule has 0 aromatic heterocycles. The molecule has 2 unspecified atom stereocenters. The predicted molar refractivity (Wildman–Crippen MR) is 75.5 cm³/mol. The number of carbonyl (C=O) groups is 2. The molecule has 1 aliphatic heterocycles. The lowest BCUT2D eigenvalue weighted by molar-refractivity contribution is -0.118. The van der Waals surface area contributed by atoms with Crippen LogP contribution in [0.1, 0.15) is 22.3 Å². The summed E-state index contributed by atoms with van der Waals surface area (Å²) in [6.07, 6.45) is 0.727. The molecule has 1 heterocycles. The molecule has 1 aromatic rings. The first-order valence-electron chi connectivity index (χ1n) is 6.48. The number of aryl methyl sites for hydroxylation is 1. The van der Waals surface area contributed by atoms with Gasteiger partial charge in [-0.05, 0) is 37.1 Å². The van der Waals surface area contributed by atoms with Crippen molar-refractivity contribution in [2.45, 2.75) is 25.5 Å². The number of primary amides is 1. The molecule has 0 saturated carbocycles. The van der Waals surface area contributed by atoms with Crippen molar-refractivity contribution < 1.29 is 14.3 Å². The fraction of sp³-hybridized carbons (Fsp3) is 0.429. The van der Waals surface area contributed by atoms with E-state index in [1.54, 1.807) is 25.3 Å². The van der Waals surface area contributed by atoms with Crippen LogP contribution in [0.2, 0.25) is 0 Å². The topological polar surface area (TPSA) is 93.4 Å². The van der Waals surface area contributed by atoms with Crippen molar-refractivity contribution in [2.24, 2.45) is 5.73 Å². The van der Waals surface area contributed by atoms with Gasteiger partial charge in [-0.15, -0.1) is 0 Å². The van der Waals surface area contributed by atoms with Crippen LogP contribution in [-0.4, -0.2) is 37.6 Å². The van der Waals surface area contributed by atoms with Crippen molar-refractivity contribution in [1.82, 2.24) is 5.32 Å². The number of ether oxygens (including phenoxy) is 1. The first-order valence-corrected chi connectivity index (χ1v) is 6.48. The molecule has 0 spiro atoms. The van der Waals surface area contributed by atoms with Crippen LogP contribution >= 0.6 is 0 Å². The third kappa shape index (κ3) is 3.15. The number of nitrogens with two attached hydrogens (primary N) is 1. The normalized spacial score (nSPS) is 21.7. The average molecular weight is 277 g/mol. The quantitative estimate of drug-likeness (QED) is 0.743. The van der Waals surface area contributed by atoms with Gasteiger partial charge >= 0.3 is 0 Å². The van der Waals surface area contributed by atoms with Crippen molar-refractivity contribution in [2.75, 3.05) is 19.0 Å². The summed E-state index contributed by atoms with van der Waals surface area (Å²) in [5.41, 5.74) is 7.13. The Morgan fingerprint density at radius 1 is 1.45 bits per heavy atom. The molecule has 6 heteroatoms. The van der Waals surface area contributed by atoms with E-state index in [2.05, 4.69) is 10.6 Å². The highest BCUT2D eigenvalue weighted by molar-refractivity contribution is 5.97. The number of hydrogen-bond acceptors (Lipinski definition) is 4. The second kappa shape index (κ2) is 6.02.